The summed E-state index contributed by atoms with van der Waals surface area (Å²) < 4.78 is 0. The molecule has 1 saturated heterocycles. The van der Waals surface area contributed by atoms with E-state index in [2.05, 4.69) is 0 Å². The number of hydrogen-bond donors (Lipinski definition) is 2. The summed E-state index contributed by atoms with van der Waals surface area (Å²) in [6, 6.07) is 7.44. The van der Waals surface area contributed by atoms with Gasteiger partial charge in [0.15, 0.2) is 0 Å². The van der Waals surface area contributed by atoms with E-state index in [1.807, 2.05) is 24.3 Å². The van der Waals surface area contributed by atoms with Gasteiger partial charge < -0.3 is 15.7 Å². The third-order valence-electron chi connectivity index (χ3n) is 4.25. The molecule has 0 bridgehead atoms. The molecule has 5 nitrogen and oxygen atoms in total. The van der Waals surface area contributed by atoms with Crippen LogP contribution in [0.1, 0.15) is 31.2 Å². The van der Waals surface area contributed by atoms with Gasteiger partial charge >= 0.3 is 5.97 Å². The van der Waals surface area contributed by atoms with E-state index in [4.69, 9.17) is 17.3 Å². The zero-order valence-corrected chi connectivity index (χ0v) is 13.8. The third-order valence-corrected chi connectivity index (χ3v) is 4.50. The standard InChI is InChI=1S/C17H23ClN2O3/c18-14-7-4-12(5-8-14)2-1-3-16(21)20-10-13(17(22)23)6-9-15(19)11-20/h4-5,7-8,13,15H,1-3,6,9-11,19H2,(H,22,23)/t13-,15+/m0/s1. The Balaban J connectivity index is 1.85. The van der Waals surface area contributed by atoms with Crippen LogP contribution in [0.25, 0.3) is 0 Å². The van der Waals surface area contributed by atoms with Crippen LogP contribution in [0, 0.1) is 5.92 Å². The molecule has 1 aromatic rings. The van der Waals surface area contributed by atoms with Gasteiger partial charge in [-0.05, 0) is 43.4 Å². The highest BCUT2D eigenvalue weighted by Gasteiger charge is 2.28. The van der Waals surface area contributed by atoms with Crippen LogP contribution in [0.4, 0.5) is 0 Å². The van der Waals surface area contributed by atoms with Gasteiger partial charge in [0.1, 0.15) is 0 Å². The number of likely N-dealkylation sites (tertiary alicyclic amines) is 1. The number of aliphatic carboxylic acids is 1. The normalized spacial score (nSPS) is 21.7. The van der Waals surface area contributed by atoms with Gasteiger partial charge in [-0.25, -0.2) is 0 Å². The number of amides is 1. The molecule has 23 heavy (non-hydrogen) atoms. The van der Waals surface area contributed by atoms with Crippen molar-refractivity contribution in [2.45, 2.75) is 38.1 Å². The fraction of sp³-hybridized carbons (Fsp3) is 0.529. The zero-order valence-electron chi connectivity index (χ0n) is 13.1. The lowest BCUT2D eigenvalue weighted by atomic mass is 10.0. The zero-order chi connectivity index (χ0) is 16.8. The molecule has 1 aromatic carbocycles. The Morgan fingerprint density at radius 3 is 2.57 bits per heavy atom. The highest BCUT2D eigenvalue weighted by molar-refractivity contribution is 6.30. The number of nitrogens with two attached hydrogens (primary N) is 1. The van der Waals surface area contributed by atoms with Crippen LogP contribution in [-0.2, 0) is 16.0 Å². The number of carboxylic acid groups (broad SMARTS) is 1. The summed E-state index contributed by atoms with van der Waals surface area (Å²) in [5, 5.41) is 9.90. The van der Waals surface area contributed by atoms with Crippen molar-refractivity contribution in [2.24, 2.45) is 11.7 Å². The predicted octanol–water partition coefficient (Wildman–Crippen LogP) is 2.31. The van der Waals surface area contributed by atoms with Gasteiger partial charge in [-0.15, -0.1) is 0 Å². The summed E-state index contributed by atoms with van der Waals surface area (Å²) in [4.78, 5) is 25.2. The summed E-state index contributed by atoms with van der Waals surface area (Å²) in [6.07, 6.45) is 3.10. The van der Waals surface area contributed by atoms with Gasteiger partial charge in [-0.2, -0.15) is 0 Å². The molecule has 6 heteroatoms. The molecule has 0 radical (unpaired) electrons. The summed E-state index contributed by atoms with van der Waals surface area (Å²) in [6.45, 7) is 0.715. The maximum Gasteiger partial charge on any atom is 0.308 e. The van der Waals surface area contributed by atoms with Crippen LogP contribution in [0.15, 0.2) is 24.3 Å². The number of rotatable bonds is 5. The van der Waals surface area contributed by atoms with Crippen molar-refractivity contribution in [2.75, 3.05) is 13.1 Å². The van der Waals surface area contributed by atoms with Crippen LogP contribution in [0.3, 0.4) is 0 Å². The first-order valence-electron chi connectivity index (χ1n) is 7.96. The Hall–Kier alpha value is -1.59. The molecule has 0 aromatic heterocycles. The molecule has 2 rings (SSSR count). The molecule has 1 amide bonds. The van der Waals surface area contributed by atoms with Crippen molar-refractivity contribution in [1.82, 2.24) is 4.90 Å². The van der Waals surface area contributed by atoms with E-state index in [0.717, 1.165) is 18.4 Å². The summed E-state index contributed by atoms with van der Waals surface area (Å²) in [7, 11) is 0. The second kappa shape index (κ2) is 8.31. The minimum Gasteiger partial charge on any atom is -0.481 e. The van der Waals surface area contributed by atoms with Crippen LogP contribution in [0.2, 0.25) is 5.02 Å². The van der Waals surface area contributed by atoms with E-state index < -0.39 is 11.9 Å². The first-order chi connectivity index (χ1) is 11.0. The second-order valence-corrected chi connectivity index (χ2v) is 6.59. The number of carbonyl (C=O) groups excluding carboxylic acids is 1. The number of carbonyl (C=O) groups is 2. The first kappa shape index (κ1) is 17.8. The Morgan fingerprint density at radius 2 is 1.91 bits per heavy atom. The number of halogens is 1. The monoisotopic (exact) mass is 338 g/mol. The molecule has 2 atom stereocenters. The summed E-state index contributed by atoms with van der Waals surface area (Å²) in [5.41, 5.74) is 7.10. The molecule has 126 valence electrons. The summed E-state index contributed by atoms with van der Waals surface area (Å²) in [5.74, 6) is -1.37. The van der Waals surface area contributed by atoms with Gasteiger partial charge in [-0.3, -0.25) is 9.59 Å². The fourth-order valence-corrected chi connectivity index (χ4v) is 3.01. The number of benzene rings is 1. The van der Waals surface area contributed by atoms with Crippen molar-refractivity contribution in [3.8, 4) is 0 Å². The molecule has 0 aliphatic carbocycles. The Morgan fingerprint density at radius 1 is 1.22 bits per heavy atom. The average molecular weight is 339 g/mol. The predicted molar refractivity (Wildman–Crippen MR) is 89.3 cm³/mol. The van der Waals surface area contributed by atoms with Crippen LogP contribution in [-0.4, -0.2) is 41.0 Å². The molecule has 0 unspecified atom stereocenters. The van der Waals surface area contributed by atoms with E-state index in [9.17, 15) is 14.7 Å². The van der Waals surface area contributed by atoms with E-state index in [-0.39, 0.29) is 18.5 Å². The lowest BCUT2D eigenvalue weighted by Gasteiger charge is -2.24. The van der Waals surface area contributed by atoms with Gasteiger partial charge in [-0.1, -0.05) is 23.7 Å². The Labute approximate surface area is 141 Å². The molecule has 3 N–H and O–H groups in total. The SMILES string of the molecule is N[C@@H]1CC[C@H](C(=O)O)CN(C(=O)CCCc2ccc(Cl)cc2)C1. The molecule has 1 aliphatic heterocycles. The summed E-state index contributed by atoms with van der Waals surface area (Å²) >= 11 is 5.85. The van der Waals surface area contributed by atoms with Crippen LogP contribution >= 0.6 is 11.6 Å². The van der Waals surface area contributed by atoms with Crippen molar-refractivity contribution >= 4 is 23.5 Å². The minimum absolute atomic E-state index is 0.0115. The van der Waals surface area contributed by atoms with E-state index in [0.29, 0.717) is 30.8 Å². The fourth-order valence-electron chi connectivity index (χ4n) is 2.88. The van der Waals surface area contributed by atoms with Crippen molar-refractivity contribution in [3.63, 3.8) is 0 Å². The first-order valence-corrected chi connectivity index (χ1v) is 8.34. The smallest absolute Gasteiger partial charge is 0.308 e. The second-order valence-electron chi connectivity index (χ2n) is 6.15. The van der Waals surface area contributed by atoms with Gasteiger partial charge in [0.05, 0.1) is 5.92 Å². The van der Waals surface area contributed by atoms with Gasteiger partial charge in [0, 0.05) is 30.6 Å². The number of aryl methyl sites for hydroxylation is 1. The Bertz CT molecular complexity index is 547. The van der Waals surface area contributed by atoms with Crippen molar-refractivity contribution in [1.29, 1.82) is 0 Å². The highest BCUT2D eigenvalue weighted by atomic mass is 35.5. The maximum atomic E-state index is 12.4. The lowest BCUT2D eigenvalue weighted by Crippen LogP contribution is -2.41. The largest absolute Gasteiger partial charge is 0.481 e. The van der Waals surface area contributed by atoms with Gasteiger partial charge in [0.2, 0.25) is 5.91 Å². The molecule has 1 aliphatic rings. The van der Waals surface area contributed by atoms with Crippen molar-refractivity contribution < 1.29 is 14.7 Å². The topological polar surface area (TPSA) is 83.6 Å². The molecular formula is C17H23ClN2O3. The van der Waals surface area contributed by atoms with Crippen molar-refractivity contribution in [3.05, 3.63) is 34.9 Å². The average Bonchev–Trinajstić information content (AvgIpc) is 2.71. The van der Waals surface area contributed by atoms with Crippen LogP contribution in [0.5, 0.6) is 0 Å². The minimum atomic E-state index is -0.849. The molecular weight excluding hydrogens is 316 g/mol. The lowest BCUT2D eigenvalue weighted by molar-refractivity contribution is -0.143. The molecule has 0 saturated carbocycles. The maximum absolute atomic E-state index is 12.4. The molecule has 1 fully saturated rings. The van der Waals surface area contributed by atoms with Crippen LogP contribution < -0.4 is 5.73 Å². The van der Waals surface area contributed by atoms with E-state index >= 15 is 0 Å². The number of carboxylic acids is 1. The Kier molecular flexibility index (Phi) is 6.42. The third kappa shape index (κ3) is 5.52. The quantitative estimate of drug-likeness (QED) is 0.863. The van der Waals surface area contributed by atoms with Gasteiger partial charge in [0.25, 0.3) is 0 Å². The molecule has 1 heterocycles. The molecule has 0 spiro atoms. The number of nitrogens with zero attached hydrogens (tertiary/aromatic N) is 1. The number of hydrogen-bond acceptors (Lipinski definition) is 3. The van der Waals surface area contributed by atoms with E-state index in [1.165, 1.54) is 0 Å². The highest BCUT2D eigenvalue weighted by Crippen LogP contribution is 2.18. The van der Waals surface area contributed by atoms with E-state index in [1.54, 1.807) is 4.90 Å².